The molecule has 7 heteroatoms. The number of aliphatic imine (C=N–C) groups is 1. The maximum atomic E-state index is 6.16. The van der Waals surface area contributed by atoms with Crippen molar-refractivity contribution in [2.75, 3.05) is 20.3 Å². The molecular formula is C19H24BrN3O2S. The topological polar surface area (TPSA) is 54.9 Å². The highest BCUT2D eigenvalue weighted by Crippen LogP contribution is 2.24. The highest BCUT2D eigenvalue weighted by molar-refractivity contribution is 9.10. The summed E-state index contributed by atoms with van der Waals surface area (Å²) in [5, 5.41) is 8.79. The lowest BCUT2D eigenvalue weighted by Crippen LogP contribution is -2.36. The fraction of sp³-hybridized carbons (Fsp3) is 0.421. The smallest absolute Gasteiger partial charge is 0.191 e. The maximum Gasteiger partial charge on any atom is 0.191 e. The summed E-state index contributed by atoms with van der Waals surface area (Å²) in [6.07, 6.45) is 1.09. The van der Waals surface area contributed by atoms with Crippen molar-refractivity contribution in [3.8, 4) is 5.75 Å². The van der Waals surface area contributed by atoms with E-state index >= 15 is 0 Å². The summed E-state index contributed by atoms with van der Waals surface area (Å²) in [6, 6.07) is 8.42. The Bertz CT molecular complexity index is 757. The monoisotopic (exact) mass is 437 g/mol. The molecule has 0 saturated carbocycles. The van der Waals surface area contributed by atoms with Gasteiger partial charge in [0.25, 0.3) is 0 Å². The first kappa shape index (κ1) is 19.2. The Morgan fingerprint density at radius 3 is 2.88 bits per heavy atom. The van der Waals surface area contributed by atoms with Crippen LogP contribution in [0.3, 0.4) is 0 Å². The Labute approximate surface area is 166 Å². The van der Waals surface area contributed by atoms with Crippen molar-refractivity contribution in [1.29, 1.82) is 0 Å². The Kier molecular flexibility index (Phi) is 6.93. The summed E-state index contributed by atoms with van der Waals surface area (Å²) in [5.74, 6) is 1.69. The van der Waals surface area contributed by atoms with Gasteiger partial charge in [0.2, 0.25) is 0 Å². The van der Waals surface area contributed by atoms with E-state index in [0.29, 0.717) is 13.2 Å². The van der Waals surface area contributed by atoms with Gasteiger partial charge in [-0.2, -0.15) is 0 Å². The second kappa shape index (κ2) is 9.39. The van der Waals surface area contributed by atoms with Crippen molar-refractivity contribution in [3.05, 3.63) is 50.1 Å². The summed E-state index contributed by atoms with van der Waals surface area (Å²) < 4.78 is 12.7. The minimum absolute atomic E-state index is 0.144. The molecule has 2 heterocycles. The van der Waals surface area contributed by atoms with Gasteiger partial charge in [-0.1, -0.05) is 12.1 Å². The third-order valence-corrected chi connectivity index (χ3v) is 5.82. The molecule has 0 amide bonds. The molecule has 1 atom stereocenters. The van der Waals surface area contributed by atoms with Gasteiger partial charge in [0.05, 0.1) is 19.8 Å². The molecule has 1 aromatic heterocycles. The van der Waals surface area contributed by atoms with Crippen LogP contribution in [0.4, 0.5) is 0 Å². The molecule has 1 aliphatic heterocycles. The number of nitrogens with zero attached hydrogens (tertiary/aromatic N) is 1. The predicted octanol–water partition coefficient (Wildman–Crippen LogP) is 3.85. The van der Waals surface area contributed by atoms with Crippen LogP contribution in [0.5, 0.6) is 5.75 Å². The second-order valence-corrected chi connectivity index (χ2v) is 8.14. The Morgan fingerprint density at radius 1 is 1.35 bits per heavy atom. The highest BCUT2D eigenvalue weighted by Gasteiger charge is 2.18. The molecule has 1 aliphatic rings. The second-order valence-electron chi connectivity index (χ2n) is 6.23. The first-order valence-corrected chi connectivity index (χ1v) is 10.3. The van der Waals surface area contributed by atoms with Gasteiger partial charge in [-0.15, -0.1) is 11.3 Å². The molecule has 1 unspecified atom stereocenters. The summed E-state index contributed by atoms with van der Waals surface area (Å²) in [5.41, 5.74) is 2.30. The van der Waals surface area contributed by atoms with Crippen LogP contribution in [0.2, 0.25) is 0 Å². The fourth-order valence-corrected chi connectivity index (χ4v) is 4.11. The van der Waals surface area contributed by atoms with Gasteiger partial charge in [0.15, 0.2) is 5.96 Å². The molecule has 140 valence electrons. The largest absolute Gasteiger partial charge is 0.488 e. The van der Waals surface area contributed by atoms with Crippen LogP contribution in [-0.4, -0.2) is 32.3 Å². The third-order valence-electron chi connectivity index (χ3n) is 4.13. The van der Waals surface area contributed by atoms with Crippen LogP contribution in [0.15, 0.2) is 39.1 Å². The SMILES string of the molecule is CN=C(NCc1cc(Br)cs1)NCc1ccc(C)cc1OC1CCOC1. The summed E-state index contributed by atoms with van der Waals surface area (Å²) >= 11 is 5.20. The van der Waals surface area contributed by atoms with E-state index in [1.807, 2.05) is 0 Å². The van der Waals surface area contributed by atoms with Crippen LogP contribution >= 0.6 is 27.3 Å². The van der Waals surface area contributed by atoms with Crippen molar-refractivity contribution in [3.63, 3.8) is 0 Å². The van der Waals surface area contributed by atoms with E-state index < -0.39 is 0 Å². The van der Waals surface area contributed by atoms with E-state index in [-0.39, 0.29) is 6.10 Å². The summed E-state index contributed by atoms with van der Waals surface area (Å²) in [4.78, 5) is 5.55. The van der Waals surface area contributed by atoms with Gasteiger partial charge in [-0.05, 0) is 40.5 Å². The normalized spacial score (nSPS) is 17.3. The molecule has 1 aromatic carbocycles. The average molecular weight is 438 g/mol. The Hall–Kier alpha value is -1.57. The number of hydrogen-bond acceptors (Lipinski definition) is 4. The zero-order chi connectivity index (χ0) is 18.4. The molecule has 5 nitrogen and oxygen atoms in total. The van der Waals surface area contributed by atoms with Crippen molar-refractivity contribution in [2.45, 2.75) is 32.5 Å². The number of thiophene rings is 1. The van der Waals surface area contributed by atoms with E-state index in [4.69, 9.17) is 9.47 Å². The molecule has 2 N–H and O–H groups in total. The van der Waals surface area contributed by atoms with E-state index in [0.717, 1.165) is 41.3 Å². The van der Waals surface area contributed by atoms with Crippen LogP contribution in [-0.2, 0) is 17.8 Å². The quantitative estimate of drug-likeness (QED) is 0.532. The molecule has 1 fully saturated rings. The van der Waals surface area contributed by atoms with Gasteiger partial charge in [0.1, 0.15) is 11.9 Å². The molecule has 0 radical (unpaired) electrons. The van der Waals surface area contributed by atoms with Gasteiger partial charge in [0, 0.05) is 40.3 Å². The zero-order valence-electron chi connectivity index (χ0n) is 15.0. The lowest BCUT2D eigenvalue weighted by Gasteiger charge is -2.18. The third kappa shape index (κ3) is 5.46. The predicted molar refractivity (Wildman–Crippen MR) is 110 cm³/mol. The molecule has 0 aliphatic carbocycles. The minimum Gasteiger partial charge on any atom is -0.488 e. The minimum atomic E-state index is 0.144. The fourth-order valence-electron chi connectivity index (χ4n) is 2.72. The van der Waals surface area contributed by atoms with Crippen LogP contribution < -0.4 is 15.4 Å². The average Bonchev–Trinajstić information content (AvgIpc) is 3.28. The molecule has 0 bridgehead atoms. The molecule has 1 saturated heterocycles. The number of aryl methyl sites for hydroxylation is 1. The standard InChI is InChI=1S/C19H24BrN3O2S/c1-13-3-4-14(18(7-13)25-16-5-6-24-11-16)9-22-19(21-2)23-10-17-8-15(20)12-26-17/h3-4,7-8,12,16H,5-6,9-11H2,1-2H3,(H2,21,22,23). The van der Waals surface area contributed by atoms with Crippen LogP contribution in [0, 0.1) is 6.92 Å². The van der Waals surface area contributed by atoms with Crippen molar-refractivity contribution >= 4 is 33.2 Å². The van der Waals surface area contributed by atoms with Crippen LogP contribution in [0.25, 0.3) is 0 Å². The van der Waals surface area contributed by atoms with Gasteiger partial charge >= 0.3 is 0 Å². The van der Waals surface area contributed by atoms with E-state index in [2.05, 4.69) is 68.1 Å². The summed E-state index contributed by atoms with van der Waals surface area (Å²) in [7, 11) is 1.78. The maximum absolute atomic E-state index is 6.16. The number of benzene rings is 1. The molecule has 2 aromatic rings. The molecular weight excluding hydrogens is 414 g/mol. The van der Waals surface area contributed by atoms with Gasteiger partial charge < -0.3 is 20.1 Å². The lowest BCUT2D eigenvalue weighted by molar-refractivity contribution is 0.140. The van der Waals surface area contributed by atoms with Crippen molar-refractivity contribution in [1.82, 2.24) is 10.6 Å². The van der Waals surface area contributed by atoms with Crippen LogP contribution in [0.1, 0.15) is 22.4 Å². The van der Waals surface area contributed by atoms with Gasteiger partial charge in [-0.3, -0.25) is 4.99 Å². The number of guanidine groups is 1. The number of hydrogen-bond donors (Lipinski definition) is 2. The molecule has 3 rings (SSSR count). The number of nitrogens with one attached hydrogen (secondary N) is 2. The summed E-state index contributed by atoms with van der Waals surface area (Å²) in [6.45, 7) is 4.92. The first-order chi connectivity index (χ1) is 12.6. The molecule has 0 spiro atoms. The van der Waals surface area contributed by atoms with Crippen molar-refractivity contribution in [2.24, 2.45) is 4.99 Å². The van der Waals surface area contributed by atoms with E-state index in [1.165, 1.54) is 10.4 Å². The Balaban J connectivity index is 1.58. The zero-order valence-corrected chi connectivity index (χ0v) is 17.5. The Morgan fingerprint density at radius 2 is 2.19 bits per heavy atom. The number of halogens is 1. The molecule has 26 heavy (non-hydrogen) atoms. The highest BCUT2D eigenvalue weighted by atomic mass is 79.9. The van der Waals surface area contributed by atoms with E-state index in [1.54, 1.807) is 18.4 Å². The lowest BCUT2D eigenvalue weighted by atomic mass is 10.1. The number of ether oxygens (including phenoxy) is 2. The van der Waals surface area contributed by atoms with Gasteiger partial charge in [-0.25, -0.2) is 0 Å². The first-order valence-electron chi connectivity index (χ1n) is 8.65. The number of rotatable bonds is 6. The van der Waals surface area contributed by atoms with Crippen molar-refractivity contribution < 1.29 is 9.47 Å². The van der Waals surface area contributed by atoms with E-state index in [9.17, 15) is 0 Å².